The maximum atomic E-state index is 6.29. The number of hydrogen-bond acceptors (Lipinski definition) is 1. The van der Waals surface area contributed by atoms with Gasteiger partial charge in [0.2, 0.25) is 0 Å². The zero-order chi connectivity index (χ0) is 9.84. The highest BCUT2D eigenvalue weighted by molar-refractivity contribution is 6.20. The second-order valence-electron chi connectivity index (χ2n) is 4.48. The molecule has 4 unspecified atom stereocenters. The molecular weight excluding hydrogens is 184 g/mol. The van der Waals surface area contributed by atoms with Crippen molar-refractivity contribution in [1.29, 1.82) is 0 Å². The molecule has 0 bridgehead atoms. The van der Waals surface area contributed by atoms with Crippen molar-refractivity contribution in [2.24, 2.45) is 11.8 Å². The molecule has 1 saturated carbocycles. The Labute approximate surface area is 86.8 Å². The Morgan fingerprint density at radius 2 is 2.15 bits per heavy atom. The predicted molar refractivity (Wildman–Crippen MR) is 57.2 cm³/mol. The molecule has 78 valence electrons. The van der Waals surface area contributed by atoms with Gasteiger partial charge in [0.15, 0.2) is 0 Å². The second kappa shape index (κ2) is 5.21. The third-order valence-electron chi connectivity index (χ3n) is 3.19. The molecule has 0 amide bonds. The van der Waals surface area contributed by atoms with Gasteiger partial charge in [-0.1, -0.05) is 6.92 Å². The van der Waals surface area contributed by atoms with Gasteiger partial charge in [-0.3, -0.25) is 0 Å². The van der Waals surface area contributed by atoms with Gasteiger partial charge in [-0.25, -0.2) is 0 Å². The Bertz CT molecular complexity index is 149. The first-order valence-electron chi connectivity index (χ1n) is 5.30. The Morgan fingerprint density at radius 3 is 2.77 bits per heavy atom. The fourth-order valence-corrected chi connectivity index (χ4v) is 2.56. The lowest BCUT2D eigenvalue weighted by molar-refractivity contribution is 0.0840. The van der Waals surface area contributed by atoms with Crippen LogP contribution in [0.2, 0.25) is 0 Å². The van der Waals surface area contributed by atoms with E-state index in [1.54, 1.807) is 7.11 Å². The van der Waals surface area contributed by atoms with Crippen LogP contribution in [0.25, 0.3) is 0 Å². The van der Waals surface area contributed by atoms with Crippen LogP contribution in [0, 0.1) is 11.8 Å². The standard InChI is InChI=1S/C11H21ClO/c1-8-4-5-11(12)10(6-8)7-9(2)13-3/h8-11H,4-7H2,1-3H3. The van der Waals surface area contributed by atoms with Crippen molar-refractivity contribution >= 4 is 11.6 Å². The molecule has 2 heteroatoms. The van der Waals surface area contributed by atoms with Crippen LogP contribution >= 0.6 is 11.6 Å². The van der Waals surface area contributed by atoms with Crippen molar-refractivity contribution in [3.8, 4) is 0 Å². The first-order valence-corrected chi connectivity index (χ1v) is 5.74. The summed E-state index contributed by atoms with van der Waals surface area (Å²) < 4.78 is 5.28. The summed E-state index contributed by atoms with van der Waals surface area (Å²) in [6.07, 6.45) is 5.24. The maximum absolute atomic E-state index is 6.29. The number of halogens is 1. The minimum absolute atomic E-state index is 0.358. The molecule has 0 radical (unpaired) electrons. The third kappa shape index (κ3) is 3.47. The molecule has 0 aromatic carbocycles. The quantitative estimate of drug-likeness (QED) is 0.640. The van der Waals surface area contributed by atoms with Crippen LogP contribution in [0.5, 0.6) is 0 Å². The molecule has 0 aromatic heterocycles. The lowest BCUT2D eigenvalue weighted by Gasteiger charge is -2.32. The Balaban J connectivity index is 2.37. The summed E-state index contributed by atoms with van der Waals surface area (Å²) in [5.74, 6) is 1.52. The van der Waals surface area contributed by atoms with Crippen molar-refractivity contribution < 1.29 is 4.74 Å². The van der Waals surface area contributed by atoms with Gasteiger partial charge in [-0.15, -0.1) is 11.6 Å². The Hall–Kier alpha value is 0.250. The fourth-order valence-electron chi connectivity index (χ4n) is 2.23. The summed E-state index contributed by atoms with van der Waals surface area (Å²) in [6, 6.07) is 0. The van der Waals surface area contributed by atoms with E-state index in [-0.39, 0.29) is 0 Å². The van der Waals surface area contributed by atoms with Gasteiger partial charge in [-0.05, 0) is 44.4 Å². The third-order valence-corrected chi connectivity index (χ3v) is 3.76. The number of alkyl halides is 1. The predicted octanol–water partition coefficient (Wildman–Crippen LogP) is 3.46. The van der Waals surface area contributed by atoms with E-state index in [9.17, 15) is 0 Å². The van der Waals surface area contributed by atoms with Crippen LogP contribution in [-0.2, 0) is 4.74 Å². The molecule has 0 saturated heterocycles. The van der Waals surface area contributed by atoms with Crippen LogP contribution < -0.4 is 0 Å². The SMILES string of the molecule is COC(C)CC1CC(C)CCC1Cl. The van der Waals surface area contributed by atoms with Gasteiger partial charge in [-0.2, -0.15) is 0 Å². The molecule has 1 fully saturated rings. The molecule has 13 heavy (non-hydrogen) atoms. The average molecular weight is 205 g/mol. The Kier molecular flexibility index (Phi) is 4.54. The van der Waals surface area contributed by atoms with Crippen LogP contribution in [0.15, 0.2) is 0 Å². The first-order chi connectivity index (χ1) is 6.13. The van der Waals surface area contributed by atoms with Gasteiger partial charge in [0.05, 0.1) is 6.10 Å². The van der Waals surface area contributed by atoms with Crippen molar-refractivity contribution in [2.45, 2.75) is 51.0 Å². The molecule has 0 heterocycles. The van der Waals surface area contributed by atoms with Gasteiger partial charge in [0.25, 0.3) is 0 Å². The van der Waals surface area contributed by atoms with Crippen molar-refractivity contribution in [1.82, 2.24) is 0 Å². The normalized spacial score (nSPS) is 37.4. The molecular formula is C11H21ClO. The molecule has 0 aliphatic heterocycles. The highest BCUT2D eigenvalue weighted by atomic mass is 35.5. The van der Waals surface area contributed by atoms with E-state index in [4.69, 9.17) is 16.3 Å². The largest absolute Gasteiger partial charge is 0.382 e. The minimum Gasteiger partial charge on any atom is -0.382 e. The second-order valence-corrected chi connectivity index (χ2v) is 5.04. The molecule has 0 N–H and O–H groups in total. The lowest BCUT2D eigenvalue weighted by atomic mass is 9.79. The van der Waals surface area contributed by atoms with Crippen LogP contribution in [0.4, 0.5) is 0 Å². The molecule has 1 nitrogen and oxygen atoms in total. The highest BCUT2D eigenvalue weighted by Gasteiger charge is 2.28. The zero-order valence-electron chi connectivity index (χ0n) is 8.92. The molecule has 4 atom stereocenters. The Morgan fingerprint density at radius 1 is 1.46 bits per heavy atom. The van der Waals surface area contributed by atoms with Gasteiger partial charge >= 0.3 is 0 Å². The smallest absolute Gasteiger partial charge is 0.0546 e. The van der Waals surface area contributed by atoms with E-state index in [1.165, 1.54) is 19.3 Å². The van der Waals surface area contributed by atoms with E-state index < -0.39 is 0 Å². The number of methoxy groups -OCH3 is 1. The summed E-state index contributed by atoms with van der Waals surface area (Å²) >= 11 is 6.29. The first kappa shape index (κ1) is 11.3. The van der Waals surface area contributed by atoms with Crippen molar-refractivity contribution in [2.75, 3.05) is 7.11 Å². The molecule has 1 aliphatic carbocycles. The van der Waals surface area contributed by atoms with Crippen LogP contribution in [-0.4, -0.2) is 18.6 Å². The molecule has 1 aliphatic rings. The monoisotopic (exact) mass is 204 g/mol. The van der Waals surface area contributed by atoms with Gasteiger partial charge in [0, 0.05) is 12.5 Å². The van der Waals surface area contributed by atoms with Gasteiger partial charge < -0.3 is 4.74 Å². The van der Waals surface area contributed by atoms with E-state index in [2.05, 4.69) is 13.8 Å². The number of ether oxygens (including phenoxy) is 1. The highest BCUT2D eigenvalue weighted by Crippen LogP contribution is 2.35. The number of rotatable bonds is 3. The molecule has 0 aromatic rings. The fraction of sp³-hybridized carbons (Fsp3) is 1.00. The summed E-state index contributed by atoms with van der Waals surface area (Å²) in [5, 5.41) is 0.383. The summed E-state index contributed by atoms with van der Waals surface area (Å²) in [7, 11) is 1.78. The van der Waals surface area contributed by atoms with Crippen LogP contribution in [0.1, 0.15) is 39.5 Å². The van der Waals surface area contributed by atoms with E-state index in [0.717, 1.165) is 12.3 Å². The minimum atomic E-state index is 0.358. The summed E-state index contributed by atoms with van der Waals surface area (Å²) in [4.78, 5) is 0. The summed E-state index contributed by atoms with van der Waals surface area (Å²) in [6.45, 7) is 4.45. The maximum Gasteiger partial charge on any atom is 0.0546 e. The van der Waals surface area contributed by atoms with Crippen molar-refractivity contribution in [3.05, 3.63) is 0 Å². The average Bonchev–Trinajstić information content (AvgIpc) is 2.11. The zero-order valence-corrected chi connectivity index (χ0v) is 9.68. The van der Waals surface area contributed by atoms with E-state index >= 15 is 0 Å². The lowest BCUT2D eigenvalue weighted by Crippen LogP contribution is -2.27. The van der Waals surface area contributed by atoms with Crippen LogP contribution in [0.3, 0.4) is 0 Å². The number of hydrogen-bond donors (Lipinski definition) is 0. The van der Waals surface area contributed by atoms with Crippen molar-refractivity contribution in [3.63, 3.8) is 0 Å². The van der Waals surface area contributed by atoms with E-state index in [1.807, 2.05) is 0 Å². The van der Waals surface area contributed by atoms with E-state index in [0.29, 0.717) is 17.4 Å². The topological polar surface area (TPSA) is 9.23 Å². The molecule has 0 spiro atoms. The summed E-state index contributed by atoms with van der Waals surface area (Å²) in [5.41, 5.74) is 0. The van der Waals surface area contributed by atoms with Gasteiger partial charge in [0.1, 0.15) is 0 Å². The molecule has 1 rings (SSSR count).